The second kappa shape index (κ2) is 6.79. The van der Waals surface area contributed by atoms with Crippen LogP contribution in [0.15, 0.2) is 42.5 Å². The number of carbonyl (C=O) groups excluding carboxylic acids is 1. The summed E-state index contributed by atoms with van der Waals surface area (Å²) in [6.07, 6.45) is 0. The van der Waals surface area contributed by atoms with Gasteiger partial charge in [-0.2, -0.15) is 0 Å². The van der Waals surface area contributed by atoms with E-state index < -0.39 is 0 Å². The SMILES string of the molecule is COc1ccc(C(C)=O)c(OC)c1OCc1ccccc1. The van der Waals surface area contributed by atoms with Crippen molar-refractivity contribution in [3.05, 3.63) is 53.6 Å². The van der Waals surface area contributed by atoms with E-state index in [1.807, 2.05) is 30.3 Å². The fraction of sp³-hybridized carbons (Fsp3) is 0.235. The quantitative estimate of drug-likeness (QED) is 0.763. The zero-order valence-electron chi connectivity index (χ0n) is 12.4. The van der Waals surface area contributed by atoms with E-state index in [-0.39, 0.29) is 5.78 Å². The zero-order chi connectivity index (χ0) is 15.2. The Kier molecular flexibility index (Phi) is 4.82. The first-order valence-corrected chi connectivity index (χ1v) is 6.60. The Morgan fingerprint density at radius 2 is 1.67 bits per heavy atom. The average Bonchev–Trinajstić information content (AvgIpc) is 2.52. The van der Waals surface area contributed by atoms with Gasteiger partial charge in [-0.1, -0.05) is 30.3 Å². The topological polar surface area (TPSA) is 44.8 Å². The van der Waals surface area contributed by atoms with E-state index in [1.165, 1.54) is 14.0 Å². The smallest absolute Gasteiger partial charge is 0.204 e. The molecule has 0 saturated carbocycles. The van der Waals surface area contributed by atoms with Crippen molar-refractivity contribution >= 4 is 5.78 Å². The van der Waals surface area contributed by atoms with Crippen LogP contribution >= 0.6 is 0 Å². The first-order chi connectivity index (χ1) is 10.2. The van der Waals surface area contributed by atoms with Crippen molar-refractivity contribution in [1.29, 1.82) is 0 Å². The Balaban J connectivity index is 2.35. The lowest BCUT2D eigenvalue weighted by Gasteiger charge is -2.16. The normalized spacial score (nSPS) is 10.0. The van der Waals surface area contributed by atoms with Crippen LogP contribution in [0.5, 0.6) is 17.2 Å². The van der Waals surface area contributed by atoms with Crippen molar-refractivity contribution in [2.75, 3.05) is 14.2 Å². The van der Waals surface area contributed by atoms with E-state index in [1.54, 1.807) is 19.2 Å². The van der Waals surface area contributed by atoms with Crippen molar-refractivity contribution in [3.63, 3.8) is 0 Å². The molecule has 4 nitrogen and oxygen atoms in total. The number of rotatable bonds is 6. The molecule has 0 fully saturated rings. The van der Waals surface area contributed by atoms with Crippen LogP contribution < -0.4 is 14.2 Å². The number of ketones is 1. The van der Waals surface area contributed by atoms with Crippen LogP contribution in [0, 0.1) is 0 Å². The number of carbonyl (C=O) groups is 1. The maximum absolute atomic E-state index is 11.7. The zero-order valence-corrected chi connectivity index (χ0v) is 12.4. The number of hydrogen-bond donors (Lipinski definition) is 0. The van der Waals surface area contributed by atoms with Gasteiger partial charge in [0.2, 0.25) is 5.75 Å². The van der Waals surface area contributed by atoms with Gasteiger partial charge in [0.1, 0.15) is 6.61 Å². The summed E-state index contributed by atoms with van der Waals surface area (Å²) in [6.45, 7) is 1.86. The molecule has 0 aliphatic rings. The third kappa shape index (κ3) is 3.34. The summed E-state index contributed by atoms with van der Waals surface area (Å²) >= 11 is 0. The molecule has 0 unspecified atom stereocenters. The van der Waals surface area contributed by atoms with Crippen molar-refractivity contribution in [2.45, 2.75) is 13.5 Å². The maximum atomic E-state index is 11.7. The minimum atomic E-state index is -0.0842. The van der Waals surface area contributed by atoms with Crippen LogP contribution in [0.4, 0.5) is 0 Å². The van der Waals surface area contributed by atoms with Crippen LogP contribution in [0.3, 0.4) is 0 Å². The molecule has 0 bridgehead atoms. The molecule has 0 heterocycles. The molecule has 4 heteroatoms. The molecule has 21 heavy (non-hydrogen) atoms. The van der Waals surface area contributed by atoms with Gasteiger partial charge in [0.05, 0.1) is 19.8 Å². The summed E-state index contributed by atoms with van der Waals surface area (Å²) in [5, 5.41) is 0. The molecular weight excluding hydrogens is 268 g/mol. The molecular formula is C17H18O4. The highest BCUT2D eigenvalue weighted by molar-refractivity contribution is 5.98. The average molecular weight is 286 g/mol. The number of methoxy groups -OCH3 is 2. The van der Waals surface area contributed by atoms with Crippen molar-refractivity contribution in [2.24, 2.45) is 0 Å². The van der Waals surface area contributed by atoms with Crippen LogP contribution in [0.25, 0.3) is 0 Å². The summed E-state index contributed by atoms with van der Waals surface area (Å²) in [6, 6.07) is 13.1. The van der Waals surface area contributed by atoms with E-state index in [9.17, 15) is 4.79 Å². The van der Waals surface area contributed by atoms with Crippen LogP contribution in [-0.4, -0.2) is 20.0 Å². The highest BCUT2D eigenvalue weighted by Crippen LogP contribution is 2.40. The molecule has 0 atom stereocenters. The van der Waals surface area contributed by atoms with Gasteiger partial charge in [-0.05, 0) is 24.6 Å². The van der Waals surface area contributed by atoms with E-state index in [4.69, 9.17) is 14.2 Å². The van der Waals surface area contributed by atoms with Gasteiger partial charge in [-0.25, -0.2) is 0 Å². The Bertz CT molecular complexity index is 620. The van der Waals surface area contributed by atoms with E-state index in [0.717, 1.165) is 5.56 Å². The van der Waals surface area contributed by atoms with Gasteiger partial charge in [0, 0.05) is 0 Å². The van der Waals surface area contributed by atoms with Crippen molar-refractivity contribution in [3.8, 4) is 17.2 Å². The predicted molar refractivity (Wildman–Crippen MR) is 80.3 cm³/mol. The minimum absolute atomic E-state index is 0.0842. The summed E-state index contributed by atoms with van der Waals surface area (Å²) in [5.41, 5.74) is 1.50. The molecule has 0 aliphatic heterocycles. The predicted octanol–water partition coefficient (Wildman–Crippen LogP) is 3.49. The second-order valence-electron chi connectivity index (χ2n) is 4.51. The summed E-state index contributed by atoms with van der Waals surface area (Å²) in [7, 11) is 3.06. The Labute approximate surface area is 124 Å². The van der Waals surface area contributed by atoms with E-state index >= 15 is 0 Å². The molecule has 0 aromatic heterocycles. The maximum Gasteiger partial charge on any atom is 0.204 e. The first kappa shape index (κ1) is 14.9. The van der Waals surface area contributed by atoms with Crippen LogP contribution in [-0.2, 0) is 6.61 Å². The van der Waals surface area contributed by atoms with Gasteiger partial charge < -0.3 is 14.2 Å². The molecule has 0 saturated heterocycles. The minimum Gasteiger partial charge on any atom is -0.493 e. The fourth-order valence-electron chi connectivity index (χ4n) is 2.05. The molecule has 0 aliphatic carbocycles. The third-order valence-electron chi connectivity index (χ3n) is 3.11. The van der Waals surface area contributed by atoms with Gasteiger partial charge in [-0.3, -0.25) is 4.79 Å². The molecule has 110 valence electrons. The van der Waals surface area contributed by atoms with Gasteiger partial charge >= 0.3 is 0 Å². The molecule has 0 N–H and O–H groups in total. The fourth-order valence-corrected chi connectivity index (χ4v) is 2.05. The van der Waals surface area contributed by atoms with E-state index in [0.29, 0.717) is 29.4 Å². The lowest BCUT2D eigenvalue weighted by Crippen LogP contribution is -2.04. The second-order valence-corrected chi connectivity index (χ2v) is 4.51. The number of benzene rings is 2. The van der Waals surface area contributed by atoms with Gasteiger partial charge in [-0.15, -0.1) is 0 Å². The van der Waals surface area contributed by atoms with Crippen molar-refractivity contribution in [1.82, 2.24) is 0 Å². The molecule has 0 radical (unpaired) electrons. The van der Waals surface area contributed by atoms with Gasteiger partial charge in [0.15, 0.2) is 17.3 Å². The lowest BCUT2D eigenvalue weighted by molar-refractivity contribution is 0.101. The Morgan fingerprint density at radius 1 is 0.952 bits per heavy atom. The van der Waals surface area contributed by atoms with Crippen molar-refractivity contribution < 1.29 is 19.0 Å². The van der Waals surface area contributed by atoms with E-state index in [2.05, 4.69) is 0 Å². The first-order valence-electron chi connectivity index (χ1n) is 6.60. The number of hydrogen-bond acceptors (Lipinski definition) is 4. The highest BCUT2D eigenvalue weighted by atomic mass is 16.5. The standard InChI is InChI=1S/C17H18O4/c1-12(18)14-9-10-15(19-2)17(16(14)20-3)21-11-13-7-5-4-6-8-13/h4-10H,11H2,1-3H3. The molecule has 0 amide bonds. The van der Waals surface area contributed by atoms with Crippen LogP contribution in [0.1, 0.15) is 22.8 Å². The Hall–Kier alpha value is -2.49. The largest absolute Gasteiger partial charge is 0.493 e. The summed E-state index contributed by atoms with van der Waals surface area (Å²) in [5.74, 6) is 1.29. The molecule has 2 rings (SSSR count). The summed E-state index contributed by atoms with van der Waals surface area (Å²) < 4.78 is 16.5. The molecule has 2 aromatic carbocycles. The lowest BCUT2D eigenvalue weighted by atomic mass is 10.1. The molecule has 2 aromatic rings. The van der Waals surface area contributed by atoms with Gasteiger partial charge in [0.25, 0.3) is 0 Å². The van der Waals surface area contributed by atoms with Crippen LogP contribution in [0.2, 0.25) is 0 Å². The number of Topliss-reactive ketones (excluding diaryl/α,β-unsaturated/α-hetero) is 1. The number of ether oxygens (including phenoxy) is 3. The Morgan fingerprint density at radius 3 is 2.24 bits per heavy atom. The highest BCUT2D eigenvalue weighted by Gasteiger charge is 2.19. The third-order valence-corrected chi connectivity index (χ3v) is 3.11. The summed E-state index contributed by atoms with van der Waals surface area (Å²) in [4.78, 5) is 11.7. The molecule has 0 spiro atoms. The monoisotopic (exact) mass is 286 g/mol.